The van der Waals surface area contributed by atoms with Crippen molar-refractivity contribution in [2.75, 3.05) is 0 Å². The average molecular weight is 148 g/mol. The molecule has 0 aromatic heterocycles. The summed E-state index contributed by atoms with van der Waals surface area (Å²) in [6, 6.07) is 0. The highest BCUT2D eigenvalue weighted by atomic mass is 14.1. The molecule has 0 aliphatic heterocycles. The maximum atomic E-state index is 3.13. The first kappa shape index (κ1) is 8.36. The van der Waals surface area contributed by atoms with Crippen molar-refractivity contribution in [3.63, 3.8) is 0 Å². The average Bonchev–Trinajstić information content (AvgIpc) is 2.30. The van der Waals surface area contributed by atoms with E-state index in [1.807, 2.05) is 6.08 Å². The maximum Gasteiger partial charge on any atom is -0.0204 e. The van der Waals surface area contributed by atoms with Gasteiger partial charge in [0.25, 0.3) is 0 Å². The lowest BCUT2D eigenvalue weighted by atomic mass is 9.95. The Bertz CT molecular complexity index is 202. The number of hydrogen-bond acceptors (Lipinski definition) is 0. The van der Waals surface area contributed by atoms with E-state index in [9.17, 15) is 0 Å². The van der Waals surface area contributed by atoms with Gasteiger partial charge in [-0.1, -0.05) is 25.5 Å². The van der Waals surface area contributed by atoms with Crippen LogP contribution in [0.1, 0.15) is 33.1 Å². The van der Waals surface area contributed by atoms with Gasteiger partial charge in [0, 0.05) is 0 Å². The van der Waals surface area contributed by atoms with E-state index in [-0.39, 0.29) is 0 Å². The van der Waals surface area contributed by atoms with Crippen LogP contribution in [-0.2, 0) is 0 Å². The minimum absolute atomic E-state index is 0.750. The molecule has 0 saturated carbocycles. The minimum Gasteiger partial charge on any atom is -0.125 e. The predicted molar refractivity (Wildman–Crippen MR) is 49.4 cm³/mol. The predicted octanol–water partition coefficient (Wildman–Crippen LogP) is 3.46. The van der Waals surface area contributed by atoms with Crippen molar-refractivity contribution in [3.8, 4) is 0 Å². The molecule has 1 unspecified atom stereocenters. The number of rotatable bonds is 2. The van der Waals surface area contributed by atoms with Gasteiger partial charge in [-0.3, -0.25) is 0 Å². The molecule has 0 fully saturated rings. The van der Waals surface area contributed by atoms with Crippen LogP contribution in [0.3, 0.4) is 0 Å². The Morgan fingerprint density at radius 1 is 1.64 bits per heavy atom. The van der Waals surface area contributed by atoms with Gasteiger partial charge in [-0.05, 0) is 37.3 Å². The second-order valence-corrected chi connectivity index (χ2v) is 3.13. The molecule has 1 rings (SSSR count). The molecule has 60 valence electrons. The topological polar surface area (TPSA) is 0 Å². The van der Waals surface area contributed by atoms with Gasteiger partial charge in [-0.2, -0.15) is 0 Å². The van der Waals surface area contributed by atoms with Crippen LogP contribution < -0.4 is 0 Å². The van der Waals surface area contributed by atoms with Gasteiger partial charge in [0.2, 0.25) is 0 Å². The summed E-state index contributed by atoms with van der Waals surface area (Å²) in [7, 11) is 0. The molecule has 0 heteroatoms. The van der Waals surface area contributed by atoms with Crippen molar-refractivity contribution in [1.29, 1.82) is 0 Å². The van der Waals surface area contributed by atoms with E-state index in [1.54, 1.807) is 5.57 Å². The van der Waals surface area contributed by atoms with E-state index < -0.39 is 0 Å². The Morgan fingerprint density at radius 2 is 2.45 bits per heavy atom. The Labute approximate surface area is 69.3 Å². The van der Waals surface area contributed by atoms with Crippen molar-refractivity contribution in [2.45, 2.75) is 33.1 Å². The summed E-state index contributed by atoms with van der Waals surface area (Å²) in [5.41, 5.74) is 4.71. The highest BCUT2D eigenvalue weighted by molar-refractivity contribution is 5.17. The molecule has 1 atom stereocenters. The molecule has 0 spiro atoms. The summed E-state index contributed by atoms with van der Waals surface area (Å²) in [5.74, 6) is 0.750. The van der Waals surface area contributed by atoms with Crippen molar-refractivity contribution in [3.05, 3.63) is 29.5 Å². The summed E-state index contributed by atoms with van der Waals surface area (Å²) < 4.78 is 0. The molecule has 0 aromatic carbocycles. The zero-order chi connectivity index (χ0) is 8.10. The van der Waals surface area contributed by atoms with Gasteiger partial charge < -0.3 is 0 Å². The molecule has 0 radical (unpaired) electrons. The first-order chi connectivity index (χ1) is 5.34. The van der Waals surface area contributed by atoms with Crippen LogP contribution in [0, 0.1) is 5.92 Å². The molecular formula is C11H16. The van der Waals surface area contributed by atoms with Crippen LogP contribution in [0.2, 0.25) is 0 Å². The minimum atomic E-state index is 0.750. The molecule has 0 heterocycles. The smallest absolute Gasteiger partial charge is 0.0204 e. The third kappa shape index (κ3) is 2.40. The van der Waals surface area contributed by atoms with Crippen LogP contribution in [0.4, 0.5) is 0 Å². The van der Waals surface area contributed by atoms with Crippen LogP contribution in [-0.4, -0.2) is 0 Å². The molecule has 1 aliphatic rings. The normalized spacial score (nSPS) is 19.3. The Kier molecular flexibility index (Phi) is 3.19. The van der Waals surface area contributed by atoms with E-state index in [2.05, 4.69) is 31.7 Å². The molecule has 11 heavy (non-hydrogen) atoms. The number of hydrogen-bond donors (Lipinski definition) is 0. The summed E-state index contributed by atoms with van der Waals surface area (Å²) in [5, 5.41) is 0. The molecule has 0 bridgehead atoms. The van der Waals surface area contributed by atoms with Crippen molar-refractivity contribution in [2.24, 2.45) is 5.92 Å². The third-order valence-corrected chi connectivity index (χ3v) is 2.33. The molecule has 0 nitrogen and oxygen atoms in total. The molecule has 0 saturated heterocycles. The lowest BCUT2D eigenvalue weighted by Crippen LogP contribution is -1.96. The van der Waals surface area contributed by atoms with Gasteiger partial charge in [0.1, 0.15) is 0 Å². The SMILES string of the molecule is CCC(C)C1=CC=C=CCC1. The van der Waals surface area contributed by atoms with Crippen molar-refractivity contribution in [1.82, 2.24) is 0 Å². The Morgan fingerprint density at radius 3 is 3.18 bits per heavy atom. The lowest BCUT2D eigenvalue weighted by Gasteiger charge is -2.11. The highest BCUT2D eigenvalue weighted by Crippen LogP contribution is 2.20. The second kappa shape index (κ2) is 4.20. The summed E-state index contributed by atoms with van der Waals surface area (Å²) >= 11 is 0. The maximum absolute atomic E-state index is 3.13. The number of allylic oxidation sites excluding steroid dienone is 3. The molecule has 0 amide bonds. The van der Waals surface area contributed by atoms with Crippen LogP contribution in [0.15, 0.2) is 29.5 Å². The quantitative estimate of drug-likeness (QED) is 0.526. The zero-order valence-electron chi connectivity index (χ0n) is 7.43. The molecule has 0 aromatic rings. The highest BCUT2D eigenvalue weighted by Gasteiger charge is 2.04. The van der Waals surface area contributed by atoms with E-state index in [1.165, 1.54) is 12.8 Å². The third-order valence-electron chi connectivity index (χ3n) is 2.33. The summed E-state index contributed by atoms with van der Waals surface area (Å²) in [6.45, 7) is 4.54. The van der Waals surface area contributed by atoms with Gasteiger partial charge in [0.05, 0.1) is 0 Å². The standard InChI is InChI=1S/C11H16/c1-3-10(2)11-8-6-4-5-7-9-11/h4,7,9-10H,3,6,8H2,1-2H3. The first-order valence-electron chi connectivity index (χ1n) is 4.44. The van der Waals surface area contributed by atoms with E-state index in [0.29, 0.717) is 0 Å². The van der Waals surface area contributed by atoms with Crippen molar-refractivity contribution >= 4 is 0 Å². The molecular weight excluding hydrogens is 132 g/mol. The van der Waals surface area contributed by atoms with Crippen molar-refractivity contribution < 1.29 is 0 Å². The monoisotopic (exact) mass is 148 g/mol. The van der Waals surface area contributed by atoms with Crippen LogP contribution in [0.5, 0.6) is 0 Å². The Balaban J connectivity index is 2.65. The van der Waals surface area contributed by atoms with Crippen LogP contribution >= 0.6 is 0 Å². The fourth-order valence-electron chi connectivity index (χ4n) is 1.30. The largest absolute Gasteiger partial charge is 0.125 e. The molecule has 0 N–H and O–H groups in total. The van der Waals surface area contributed by atoms with E-state index in [0.717, 1.165) is 12.3 Å². The zero-order valence-corrected chi connectivity index (χ0v) is 7.43. The van der Waals surface area contributed by atoms with Gasteiger partial charge in [-0.15, -0.1) is 5.73 Å². The van der Waals surface area contributed by atoms with E-state index in [4.69, 9.17) is 0 Å². The summed E-state index contributed by atoms with van der Waals surface area (Å²) in [6.07, 6.45) is 10.0. The fourth-order valence-corrected chi connectivity index (χ4v) is 1.30. The molecule has 1 aliphatic carbocycles. The van der Waals surface area contributed by atoms with Gasteiger partial charge in [0.15, 0.2) is 0 Å². The van der Waals surface area contributed by atoms with Gasteiger partial charge in [-0.25, -0.2) is 0 Å². The second-order valence-electron chi connectivity index (χ2n) is 3.13. The summed E-state index contributed by atoms with van der Waals surface area (Å²) in [4.78, 5) is 0. The Hall–Kier alpha value is -0.740. The van der Waals surface area contributed by atoms with Gasteiger partial charge >= 0.3 is 0 Å². The van der Waals surface area contributed by atoms with E-state index >= 15 is 0 Å². The lowest BCUT2D eigenvalue weighted by molar-refractivity contribution is 0.625. The fraction of sp³-hybridized carbons (Fsp3) is 0.545. The first-order valence-corrected chi connectivity index (χ1v) is 4.44. The van der Waals surface area contributed by atoms with Crippen LogP contribution in [0.25, 0.3) is 0 Å².